The topological polar surface area (TPSA) is 52.0 Å². The van der Waals surface area contributed by atoms with Gasteiger partial charge in [0.05, 0.1) is 6.54 Å². The van der Waals surface area contributed by atoms with E-state index in [-0.39, 0.29) is 0 Å². The van der Waals surface area contributed by atoms with E-state index in [0.717, 1.165) is 38.5 Å². The van der Waals surface area contributed by atoms with E-state index in [2.05, 4.69) is 15.4 Å². The number of aromatic nitrogens is 3. The van der Waals surface area contributed by atoms with E-state index in [1.807, 2.05) is 14.0 Å². The maximum atomic E-state index is 5.21. The summed E-state index contributed by atoms with van der Waals surface area (Å²) in [5.41, 5.74) is 0. The zero-order valence-electron chi connectivity index (χ0n) is 8.86. The standard InChI is InChI=1S/C9H18N4O/c1-3-14-6-4-5-10-7-9-11-8-13(2)12-9/h8,10H,3-7H2,1-2H3. The lowest BCUT2D eigenvalue weighted by atomic mass is 10.4. The molecule has 14 heavy (non-hydrogen) atoms. The molecule has 0 amide bonds. The third-order valence-corrected chi connectivity index (χ3v) is 1.78. The predicted octanol–water partition coefficient (Wildman–Crippen LogP) is 0.331. The van der Waals surface area contributed by atoms with Crippen molar-refractivity contribution >= 4 is 0 Å². The first kappa shape index (κ1) is 11.1. The van der Waals surface area contributed by atoms with Gasteiger partial charge in [-0.05, 0) is 19.9 Å². The van der Waals surface area contributed by atoms with Crippen LogP contribution in [0, 0.1) is 0 Å². The van der Waals surface area contributed by atoms with Crippen molar-refractivity contribution in [3.8, 4) is 0 Å². The lowest BCUT2D eigenvalue weighted by Crippen LogP contribution is -2.17. The van der Waals surface area contributed by atoms with E-state index in [9.17, 15) is 0 Å². The van der Waals surface area contributed by atoms with E-state index in [1.54, 1.807) is 11.0 Å². The molecule has 0 aliphatic heterocycles. The van der Waals surface area contributed by atoms with Gasteiger partial charge in [0.15, 0.2) is 5.82 Å². The predicted molar refractivity (Wildman–Crippen MR) is 53.8 cm³/mol. The highest BCUT2D eigenvalue weighted by Gasteiger charge is 1.96. The van der Waals surface area contributed by atoms with E-state index >= 15 is 0 Å². The number of hydrogen-bond donors (Lipinski definition) is 1. The van der Waals surface area contributed by atoms with Crippen molar-refractivity contribution in [3.05, 3.63) is 12.2 Å². The maximum Gasteiger partial charge on any atom is 0.164 e. The van der Waals surface area contributed by atoms with Crippen LogP contribution in [0.25, 0.3) is 0 Å². The van der Waals surface area contributed by atoms with Gasteiger partial charge in [-0.3, -0.25) is 4.68 Å². The molecule has 5 nitrogen and oxygen atoms in total. The summed E-state index contributed by atoms with van der Waals surface area (Å²) in [4.78, 5) is 4.11. The van der Waals surface area contributed by atoms with E-state index < -0.39 is 0 Å². The maximum absolute atomic E-state index is 5.21. The third-order valence-electron chi connectivity index (χ3n) is 1.78. The van der Waals surface area contributed by atoms with Crippen LogP contribution in [0.3, 0.4) is 0 Å². The molecule has 0 aliphatic carbocycles. The minimum Gasteiger partial charge on any atom is -0.382 e. The molecule has 0 bridgehead atoms. The molecule has 0 aromatic carbocycles. The second-order valence-electron chi connectivity index (χ2n) is 3.06. The fourth-order valence-corrected chi connectivity index (χ4v) is 1.11. The summed E-state index contributed by atoms with van der Waals surface area (Å²) in [6.45, 7) is 5.29. The summed E-state index contributed by atoms with van der Waals surface area (Å²) >= 11 is 0. The average Bonchev–Trinajstić information content (AvgIpc) is 2.58. The fourth-order valence-electron chi connectivity index (χ4n) is 1.11. The molecular formula is C9H18N4O. The van der Waals surface area contributed by atoms with Gasteiger partial charge in [-0.15, -0.1) is 0 Å². The van der Waals surface area contributed by atoms with Gasteiger partial charge < -0.3 is 10.1 Å². The number of ether oxygens (including phenoxy) is 1. The molecule has 0 spiro atoms. The van der Waals surface area contributed by atoms with E-state index in [0.29, 0.717) is 0 Å². The van der Waals surface area contributed by atoms with Crippen molar-refractivity contribution in [2.45, 2.75) is 19.9 Å². The molecule has 0 unspecified atom stereocenters. The molecule has 0 saturated carbocycles. The summed E-state index contributed by atoms with van der Waals surface area (Å²) < 4.78 is 6.92. The van der Waals surface area contributed by atoms with Gasteiger partial charge >= 0.3 is 0 Å². The molecule has 1 rings (SSSR count). The number of hydrogen-bond acceptors (Lipinski definition) is 4. The lowest BCUT2D eigenvalue weighted by Gasteiger charge is -2.01. The van der Waals surface area contributed by atoms with Gasteiger partial charge in [0.25, 0.3) is 0 Å². The van der Waals surface area contributed by atoms with Crippen LogP contribution in [0.1, 0.15) is 19.2 Å². The molecule has 0 fully saturated rings. The van der Waals surface area contributed by atoms with Crippen molar-refractivity contribution in [1.82, 2.24) is 20.1 Å². The number of aryl methyl sites for hydroxylation is 1. The number of nitrogens with one attached hydrogen (secondary N) is 1. The summed E-state index contributed by atoms with van der Waals surface area (Å²) in [6, 6.07) is 0. The van der Waals surface area contributed by atoms with Gasteiger partial charge in [-0.25, -0.2) is 4.98 Å². The summed E-state index contributed by atoms with van der Waals surface area (Å²) in [5, 5.41) is 7.41. The normalized spacial score (nSPS) is 10.7. The van der Waals surface area contributed by atoms with Gasteiger partial charge in [0, 0.05) is 20.3 Å². The highest BCUT2D eigenvalue weighted by Crippen LogP contribution is 1.87. The Bertz CT molecular complexity index is 249. The average molecular weight is 198 g/mol. The van der Waals surface area contributed by atoms with Gasteiger partial charge in [0.2, 0.25) is 0 Å². The van der Waals surface area contributed by atoms with E-state index in [1.165, 1.54) is 0 Å². The van der Waals surface area contributed by atoms with Crippen LogP contribution in [-0.2, 0) is 18.3 Å². The highest BCUT2D eigenvalue weighted by molar-refractivity contribution is 4.79. The van der Waals surface area contributed by atoms with Crippen molar-refractivity contribution in [2.75, 3.05) is 19.8 Å². The van der Waals surface area contributed by atoms with Crippen molar-refractivity contribution in [1.29, 1.82) is 0 Å². The van der Waals surface area contributed by atoms with Crippen LogP contribution in [-0.4, -0.2) is 34.5 Å². The molecular weight excluding hydrogens is 180 g/mol. The van der Waals surface area contributed by atoms with Crippen molar-refractivity contribution in [3.63, 3.8) is 0 Å². The van der Waals surface area contributed by atoms with Gasteiger partial charge in [-0.2, -0.15) is 5.10 Å². The van der Waals surface area contributed by atoms with Crippen LogP contribution >= 0.6 is 0 Å². The molecule has 80 valence electrons. The van der Waals surface area contributed by atoms with Crippen molar-refractivity contribution < 1.29 is 4.74 Å². The number of nitrogens with zero attached hydrogens (tertiary/aromatic N) is 3. The third kappa shape index (κ3) is 4.34. The second-order valence-corrected chi connectivity index (χ2v) is 3.06. The van der Waals surface area contributed by atoms with Gasteiger partial charge in [0.1, 0.15) is 6.33 Å². The molecule has 1 N–H and O–H groups in total. The monoisotopic (exact) mass is 198 g/mol. The Morgan fingerprint density at radius 1 is 1.57 bits per heavy atom. The fraction of sp³-hybridized carbons (Fsp3) is 0.778. The molecule has 1 aromatic heterocycles. The first-order chi connectivity index (χ1) is 6.83. The Balaban J connectivity index is 1.99. The Labute approximate surface area is 84.5 Å². The summed E-state index contributed by atoms with van der Waals surface area (Å²) in [7, 11) is 1.87. The Kier molecular flexibility index (Phi) is 5.17. The SMILES string of the molecule is CCOCCCNCc1ncn(C)n1. The number of rotatable bonds is 7. The first-order valence-corrected chi connectivity index (χ1v) is 4.96. The van der Waals surface area contributed by atoms with Crippen LogP contribution in [0.4, 0.5) is 0 Å². The largest absolute Gasteiger partial charge is 0.382 e. The smallest absolute Gasteiger partial charge is 0.164 e. The highest BCUT2D eigenvalue weighted by atomic mass is 16.5. The van der Waals surface area contributed by atoms with Gasteiger partial charge in [-0.1, -0.05) is 0 Å². The second kappa shape index (κ2) is 6.50. The molecule has 0 saturated heterocycles. The molecule has 5 heteroatoms. The molecule has 1 aromatic rings. The van der Waals surface area contributed by atoms with Crippen LogP contribution in [0.2, 0.25) is 0 Å². The van der Waals surface area contributed by atoms with Crippen LogP contribution < -0.4 is 5.32 Å². The zero-order chi connectivity index (χ0) is 10.2. The molecule has 0 radical (unpaired) electrons. The Morgan fingerprint density at radius 3 is 3.07 bits per heavy atom. The molecule has 0 aliphatic rings. The minimum absolute atomic E-state index is 0.729. The Hall–Kier alpha value is -0.940. The molecule has 0 atom stereocenters. The Morgan fingerprint density at radius 2 is 2.43 bits per heavy atom. The molecule has 1 heterocycles. The van der Waals surface area contributed by atoms with Crippen LogP contribution in [0.15, 0.2) is 6.33 Å². The lowest BCUT2D eigenvalue weighted by molar-refractivity contribution is 0.144. The summed E-state index contributed by atoms with van der Waals surface area (Å²) in [6.07, 6.45) is 2.73. The summed E-state index contributed by atoms with van der Waals surface area (Å²) in [5.74, 6) is 0.837. The minimum atomic E-state index is 0.729. The van der Waals surface area contributed by atoms with Crippen molar-refractivity contribution in [2.24, 2.45) is 7.05 Å². The van der Waals surface area contributed by atoms with Crippen LogP contribution in [0.5, 0.6) is 0 Å². The first-order valence-electron chi connectivity index (χ1n) is 4.96. The zero-order valence-corrected chi connectivity index (χ0v) is 8.86. The van der Waals surface area contributed by atoms with E-state index in [4.69, 9.17) is 4.74 Å². The quantitative estimate of drug-likeness (QED) is 0.642.